The fourth-order valence-corrected chi connectivity index (χ4v) is 5.39. The fourth-order valence-electron chi connectivity index (χ4n) is 3.91. The minimum Gasteiger partial charge on any atom is -0.493 e. The van der Waals surface area contributed by atoms with Crippen molar-refractivity contribution in [3.05, 3.63) is 89.0 Å². The zero-order valence-corrected chi connectivity index (χ0v) is 22.8. The molecule has 1 aromatic heterocycles. The van der Waals surface area contributed by atoms with Crippen molar-refractivity contribution in [3.63, 3.8) is 0 Å². The molecule has 3 aromatic rings. The highest BCUT2D eigenvalue weighted by Crippen LogP contribution is 2.34. The molecular weight excluding hydrogens is 564 g/mol. The SMILES string of the molecule is COC(=O)COc1cc(Br)c(C=c2sc3n(c2=O)C(c2ccccc2)C(C(=O)OC)=C(C)N=3)cc1OC. The Morgan fingerprint density at radius 2 is 1.84 bits per heavy atom. The summed E-state index contributed by atoms with van der Waals surface area (Å²) in [6, 6.07) is 11.9. The van der Waals surface area contributed by atoms with Gasteiger partial charge < -0.3 is 18.9 Å². The molecular formula is C26H23BrN2O7S. The van der Waals surface area contributed by atoms with Gasteiger partial charge in [0.1, 0.15) is 0 Å². The number of carbonyl (C=O) groups excluding carboxylic acids is 2. The Morgan fingerprint density at radius 1 is 1.11 bits per heavy atom. The monoisotopic (exact) mass is 586 g/mol. The number of aromatic nitrogens is 1. The topological polar surface area (TPSA) is 105 Å². The van der Waals surface area contributed by atoms with Crippen molar-refractivity contribution in [2.45, 2.75) is 13.0 Å². The minimum atomic E-state index is -0.681. The minimum absolute atomic E-state index is 0.279. The standard InChI is InChI=1S/C26H23BrN2O7S/c1-14-22(25(32)35-4)23(15-8-6-5-7-9-15)29-24(31)20(37-26(29)28-14)11-16-10-18(33-2)19(12-17(16)27)36-13-21(30)34-3/h5-12,23H,13H2,1-4H3. The molecule has 0 fully saturated rings. The normalized spacial score (nSPS) is 15.1. The summed E-state index contributed by atoms with van der Waals surface area (Å²) in [5.74, 6) is -0.365. The van der Waals surface area contributed by atoms with Crippen LogP contribution in [-0.4, -0.2) is 44.4 Å². The molecule has 0 saturated heterocycles. The average molecular weight is 587 g/mol. The number of thiazole rings is 1. The molecule has 192 valence electrons. The van der Waals surface area contributed by atoms with Crippen molar-refractivity contribution in [2.24, 2.45) is 4.99 Å². The van der Waals surface area contributed by atoms with Crippen molar-refractivity contribution >= 4 is 45.3 Å². The number of ether oxygens (including phenoxy) is 4. The first-order valence-electron chi connectivity index (χ1n) is 11.0. The lowest BCUT2D eigenvalue weighted by molar-refractivity contribution is -0.143. The molecule has 0 aliphatic carbocycles. The lowest BCUT2D eigenvalue weighted by Crippen LogP contribution is -2.39. The number of hydrogen-bond donors (Lipinski definition) is 0. The van der Waals surface area contributed by atoms with E-state index in [9.17, 15) is 14.4 Å². The average Bonchev–Trinajstić information content (AvgIpc) is 3.21. The summed E-state index contributed by atoms with van der Waals surface area (Å²) in [5.41, 5.74) is 1.90. The van der Waals surface area contributed by atoms with Gasteiger partial charge in [-0.05, 0) is 36.3 Å². The van der Waals surface area contributed by atoms with Gasteiger partial charge in [0.2, 0.25) is 0 Å². The van der Waals surface area contributed by atoms with Crippen LogP contribution in [0.1, 0.15) is 24.1 Å². The van der Waals surface area contributed by atoms with Crippen LogP contribution in [-0.2, 0) is 19.1 Å². The molecule has 1 aliphatic rings. The molecule has 2 heterocycles. The number of halogens is 1. The third-order valence-electron chi connectivity index (χ3n) is 5.69. The van der Waals surface area contributed by atoms with Crippen LogP contribution in [0.15, 0.2) is 68.0 Å². The summed E-state index contributed by atoms with van der Waals surface area (Å²) >= 11 is 4.72. The quantitative estimate of drug-likeness (QED) is 0.392. The van der Waals surface area contributed by atoms with Gasteiger partial charge >= 0.3 is 11.9 Å². The van der Waals surface area contributed by atoms with E-state index in [1.54, 1.807) is 25.1 Å². The van der Waals surface area contributed by atoms with Gasteiger partial charge in [-0.3, -0.25) is 9.36 Å². The lowest BCUT2D eigenvalue weighted by atomic mass is 9.96. The number of esters is 2. The molecule has 11 heteroatoms. The van der Waals surface area contributed by atoms with Crippen molar-refractivity contribution in [3.8, 4) is 11.5 Å². The maximum atomic E-state index is 13.7. The number of fused-ring (bicyclic) bond motifs is 1. The van der Waals surface area contributed by atoms with Crippen molar-refractivity contribution < 1.29 is 28.5 Å². The Morgan fingerprint density at radius 3 is 2.49 bits per heavy atom. The Kier molecular flexibility index (Phi) is 7.94. The van der Waals surface area contributed by atoms with Crippen LogP contribution in [0.4, 0.5) is 0 Å². The fraction of sp³-hybridized carbons (Fsp3) is 0.231. The van der Waals surface area contributed by atoms with Gasteiger partial charge in [0.25, 0.3) is 5.56 Å². The number of allylic oxidation sites excluding steroid dienone is 1. The van der Waals surface area contributed by atoms with Gasteiger partial charge in [0.05, 0.1) is 43.2 Å². The molecule has 0 spiro atoms. The van der Waals surface area contributed by atoms with Crippen LogP contribution in [0, 0.1) is 0 Å². The Labute approximate surface area is 224 Å². The van der Waals surface area contributed by atoms with E-state index in [1.807, 2.05) is 30.3 Å². The predicted octanol–water partition coefficient (Wildman–Crippen LogP) is 2.73. The van der Waals surface area contributed by atoms with Crippen LogP contribution in [0.25, 0.3) is 6.08 Å². The molecule has 0 bridgehead atoms. The zero-order chi connectivity index (χ0) is 26.7. The van der Waals surface area contributed by atoms with E-state index >= 15 is 0 Å². The Hall–Kier alpha value is -3.70. The van der Waals surface area contributed by atoms with Crippen molar-refractivity contribution in [2.75, 3.05) is 27.9 Å². The molecule has 4 rings (SSSR count). The number of benzene rings is 2. The van der Waals surface area contributed by atoms with Crippen LogP contribution in [0.2, 0.25) is 0 Å². The van der Waals surface area contributed by atoms with Crippen molar-refractivity contribution in [1.82, 2.24) is 4.57 Å². The first-order chi connectivity index (χ1) is 17.8. The second kappa shape index (κ2) is 11.1. The summed E-state index contributed by atoms with van der Waals surface area (Å²) < 4.78 is 23.1. The van der Waals surface area contributed by atoms with Gasteiger partial charge in [-0.25, -0.2) is 14.6 Å². The molecule has 0 amide bonds. The van der Waals surface area contributed by atoms with Gasteiger partial charge in [-0.1, -0.05) is 57.6 Å². The van der Waals surface area contributed by atoms with Crippen LogP contribution < -0.4 is 24.4 Å². The summed E-state index contributed by atoms with van der Waals surface area (Å²) in [6.45, 7) is 1.45. The van der Waals surface area contributed by atoms with Crippen LogP contribution in [0.5, 0.6) is 11.5 Å². The highest BCUT2D eigenvalue weighted by Gasteiger charge is 2.33. The largest absolute Gasteiger partial charge is 0.493 e. The maximum Gasteiger partial charge on any atom is 0.343 e. The predicted molar refractivity (Wildman–Crippen MR) is 140 cm³/mol. The first-order valence-corrected chi connectivity index (χ1v) is 12.6. The van der Waals surface area contributed by atoms with E-state index in [1.165, 1.54) is 37.2 Å². The van der Waals surface area contributed by atoms with E-state index < -0.39 is 18.0 Å². The second-order valence-electron chi connectivity index (χ2n) is 7.87. The summed E-state index contributed by atoms with van der Waals surface area (Å²) in [4.78, 5) is 42.9. The van der Waals surface area contributed by atoms with Gasteiger partial charge in [-0.2, -0.15) is 0 Å². The maximum absolute atomic E-state index is 13.7. The lowest BCUT2D eigenvalue weighted by Gasteiger charge is -2.24. The third-order valence-corrected chi connectivity index (χ3v) is 7.35. The van der Waals surface area contributed by atoms with Gasteiger partial charge in [0.15, 0.2) is 22.9 Å². The molecule has 0 N–H and O–H groups in total. The summed E-state index contributed by atoms with van der Waals surface area (Å²) in [6.07, 6.45) is 1.71. The molecule has 37 heavy (non-hydrogen) atoms. The Bertz CT molecular complexity index is 1570. The van der Waals surface area contributed by atoms with Crippen LogP contribution >= 0.6 is 27.3 Å². The summed E-state index contributed by atoms with van der Waals surface area (Å²) in [7, 11) is 4.05. The molecule has 2 aromatic carbocycles. The third kappa shape index (κ3) is 5.23. The molecule has 1 atom stereocenters. The molecule has 0 saturated carbocycles. The summed E-state index contributed by atoms with van der Waals surface area (Å²) in [5, 5.41) is 0. The van der Waals surface area contributed by atoms with Gasteiger partial charge in [-0.15, -0.1) is 0 Å². The van der Waals surface area contributed by atoms with Crippen LogP contribution in [0.3, 0.4) is 0 Å². The van der Waals surface area contributed by atoms with E-state index in [0.29, 0.717) is 42.1 Å². The number of nitrogens with zero attached hydrogens (tertiary/aromatic N) is 2. The number of methoxy groups -OCH3 is 3. The highest BCUT2D eigenvalue weighted by atomic mass is 79.9. The number of hydrogen-bond acceptors (Lipinski definition) is 9. The van der Waals surface area contributed by atoms with E-state index in [2.05, 4.69) is 25.7 Å². The van der Waals surface area contributed by atoms with Crippen molar-refractivity contribution in [1.29, 1.82) is 0 Å². The molecule has 1 aliphatic heterocycles. The van der Waals surface area contributed by atoms with E-state index in [0.717, 1.165) is 5.56 Å². The smallest absolute Gasteiger partial charge is 0.343 e. The second-order valence-corrected chi connectivity index (χ2v) is 9.74. The molecule has 0 radical (unpaired) electrons. The highest BCUT2D eigenvalue weighted by molar-refractivity contribution is 9.10. The molecule has 9 nitrogen and oxygen atoms in total. The number of rotatable bonds is 7. The van der Waals surface area contributed by atoms with Gasteiger partial charge in [0, 0.05) is 4.47 Å². The zero-order valence-electron chi connectivity index (χ0n) is 20.4. The molecule has 1 unspecified atom stereocenters. The number of carbonyl (C=O) groups is 2. The first kappa shape index (κ1) is 26.4. The Balaban J connectivity index is 1.85. The van der Waals surface area contributed by atoms with E-state index in [4.69, 9.17) is 14.2 Å². The van der Waals surface area contributed by atoms with E-state index in [-0.39, 0.29) is 12.2 Å².